The minimum atomic E-state index is -0.667. The van der Waals surface area contributed by atoms with E-state index in [0.717, 1.165) is 38.5 Å². The summed E-state index contributed by atoms with van der Waals surface area (Å²) in [6.45, 7) is 4.93. The van der Waals surface area contributed by atoms with Gasteiger partial charge in [-0.15, -0.1) is 0 Å². The second-order valence-electron chi connectivity index (χ2n) is 18.6. The Morgan fingerprint density at radius 1 is 0.450 bits per heavy atom. The maximum absolute atomic E-state index is 12.4. The summed E-state index contributed by atoms with van der Waals surface area (Å²) in [4.78, 5) is 24.4. The molecule has 0 aromatic rings. The van der Waals surface area contributed by atoms with Crippen molar-refractivity contribution in [2.24, 2.45) is 0 Å². The summed E-state index contributed by atoms with van der Waals surface area (Å²) in [6.07, 6.45) is 57.7. The predicted octanol–water partition coefficient (Wildman–Crippen LogP) is 16.1. The molecule has 1 amide bonds. The molecular formula is C54H105NO5. The first-order chi connectivity index (χ1) is 29.5. The third-order valence-corrected chi connectivity index (χ3v) is 12.6. The van der Waals surface area contributed by atoms with Gasteiger partial charge in [-0.25, -0.2) is 0 Å². The molecule has 3 N–H and O–H groups in total. The van der Waals surface area contributed by atoms with Crippen molar-refractivity contribution in [2.75, 3.05) is 13.2 Å². The fourth-order valence-electron chi connectivity index (χ4n) is 8.40. The lowest BCUT2D eigenvalue weighted by molar-refractivity contribution is -0.143. The number of nitrogens with one attached hydrogen (secondary N) is 1. The number of carbonyl (C=O) groups excluding carboxylic acids is 2. The number of rotatable bonds is 50. The zero-order valence-electron chi connectivity index (χ0n) is 40.5. The highest BCUT2D eigenvalue weighted by Crippen LogP contribution is 2.16. The van der Waals surface area contributed by atoms with Crippen LogP contribution in [0.3, 0.4) is 0 Å². The summed E-state index contributed by atoms with van der Waals surface area (Å²) in [5, 5.41) is 23.1. The number of hydrogen-bond donors (Lipinski definition) is 3. The largest absolute Gasteiger partial charge is 0.466 e. The molecule has 0 fully saturated rings. The molecule has 0 saturated carbocycles. The standard InChI is InChI=1S/C54H105NO5/c1-3-5-7-9-11-13-15-16-25-28-32-36-40-44-48-54(59)60-49-45-41-37-33-29-26-23-21-19-17-18-20-22-24-27-31-35-39-43-47-53(58)55-51(50-56)52(57)46-42-38-34-30-14-12-10-8-6-4-2/h17-18,51-52,56-57H,3-16,19-50H2,1-2H3,(H,55,58)/b18-17-. The number of unbranched alkanes of at least 4 members (excludes halogenated alkanes) is 37. The van der Waals surface area contributed by atoms with E-state index in [9.17, 15) is 19.8 Å². The molecule has 0 aliphatic rings. The monoisotopic (exact) mass is 848 g/mol. The van der Waals surface area contributed by atoms with Gasteiger partial charge in [0.2, 0.25) is 5.91 Å². The molecule has 0 saturated heterocycles. The molecule has 60 heavy (non-hydrogen) atoms. The van der Waals surface area contributed by atoms with Crippen LogP contribution in [0.1, 0.15) is 296 Å². The Hall–Kier alpha value is -1.40. The van der Waals surface area contributed by atoms with E-state index in [1.54, 1.807) is 0 Å². The number of aliphatic hydroxyl groups excluding tert-OH is 2. The molecule has 0 bridgehead atoms. The number of esters is 1. The molecule has 2 atom stereocenters. The highest BCUT2D eigenvalue weighted by atomic mass is 16.5. The molecule has 0 aliphatic carbocycles. The van der Waals surface area contributed by atoms with Crippen LogP contribution in [0.2, 0.25) is 0 Å². The van der Waals surface area contributed by atoms with Gasteiger partial charge in [-0.05, 0) is 51.4 Å². The van der Waals surface area contributed by atoms with Gasteiger partial charge in [0.1, 0.15) is 0 Å². The number of aliphatic hydroxyl groups is 2. The van der Waals surface area contributed by atoms with Crippen LogP contribution in [0.5, 0.6) is 0 Å². The summed E-state index contributed by atoms with van der Waals surface area (Å²) in [6, 6.07) is -0.546. The summed E-state index contributed by atoms with van der Waals surface area (Å²) in [5.41, 5.74) is 0. The van der Waals surface area contributed by atoms with Crippen molar-refractivity contribution in [2.45, 2.75) is 309 Å². The molecule has 0 rings (SSSR count). The van der Waals surface area contributed by atoms with Gasteiger partial charge in [-0.3, -0.25) is 9.59 Å². The molecule has 0 aliphatic heterocycles. The van der Waals surface area contributed by atoms with Crippen molar-refractivity contribution in [3.05, 3.63) is 12.2 Å². The summed E-state index contributed by atoms with van der Waals surface area (Å²) >= 11 is 0. The van der Waals surface area contributed by atoms with E-state index in [-0.39, 0.29) is 18.5 Å². The molecule has 0 heterocycles. The van der Waals surface area contributed by atoms with Gasteiger partial charge in [0.25, 0.3) is 0 Å². The fourth-order valence-corrected chi connectivity index (χ4v) is 8.40. The number of carbonyl (C=O) groups is 2. The van der Waals surface area contributed by atoms with Crippen LogP contribution in [0, 0.1) is 0 Å². The lowest BCUT2D eigenvalue weighted by atomic mass is 10.0. The van der Waals surface area contributed by atoms with Crippen LogP contribution in [-0.2, 0) is 14.3 Å². The van der Waals surface area contributed by atoms with Gasteiger partial charge in [-0.2, -0.15) is 0 Å². The summed E-state index contributed by atoms with van der Waals surface area (Å²) < 4.78 is 5.47. The van der Waals surface area contributed by atoms with E-state index in [1.165, 1.54) is 225 Å². The Morgan fingerprint density at radius 3 is 1.18 bits per heavy atom. The second-order valence-corrected chi connectivity index (χ2v) is 18.6. The van der Waals surface area contributed by atoms with Crippen LogP contribution in [-0.4, -0.2) is 47.4 Å². The summed E-state index contributed by atoms with van der Waals surface area (Å²) in [7, 11) is 0. The fraction of sp³-hybridized carbons (Fsp3) is 0.926. The minimum Gasteiger partial charge on any atom is -0.466 e. The van der Waals surface area contributed by atoms with E-state index >= 15 is 0 Å². The van der Waals surface area contributed by atoms with E-state index < -0.39 is 12.1 Å². The van der Waals surface area contributed by atoms with E-state index in [0.29, 0.717) is 25.9 Å². The maximum Gasteiger partial charge on any atom is 0.305 e. The van der Waals surface area contributed by atoms with Gasteiger partial charge in [0, 0.05) is 12.8 Å². The van der Waals surface area contributed by atoms with E-state index in [4.69, 9.17) is 4.74 Å². The minimum absolute atomic E-state index is 0.00623. The second kappa shape index (κ2) is 50.2. The normalized spacial score (nSPS) is 12.7. The Balaban J connectivity index is 3.41. The molecule has 0 spiro atoms. The highest BCUT2D eigenvalue weighted by molar-refractivity contribution is 5.76. The van der Waals surface area contributed by atoms with Gasteiger partial charge >= 0.3 is 5.97 Å². The van der Waals surface area contributed by atoms with Crippen LogP contribution >= 0.6 is 0 Å². The smallest absolute Gasteiger partial charge is 0.305 e. The number of ether oxygens (including phenoxy) is 1. The first-order valence-corrected chi connectivity index (χ1v) is 26.9. The molecule has 0 aromatic heterocycles. The van der Waals surface area contributed by atoms with Crippen molar-refractivity contribution in [1.29, 1.82) is 0 Å². The first-order valence-electron chi connectivity index (χ1n) is 26.9. The first kappa shape index (κ1) is 58.6. The van der Waals surface area contributed by atoms with Crippen LogP contribution in [0.4, 0.5) is 0 Å². The number of hydrogen-bond acceptors (Lipinski definition) is 5. The SMILES string of the molecule is CCCCCCCCCCCCCCCCC(=O)OCCCCCCCCCC/C=C\CCCCCCCCCC(=O)NC(CO)C(O)CCCCCCCCCCCC. The molecule has 356 valence electrons. The third kappa shape index (κ3) is 46.1. The van der Waals surface area contributed by atoms with Gasteiger partial charge in [-0.1, -0.05) is 244 Å². The van der Waals surface area contributed by atoms with E-state index in [2.05, 4.69) is 31.3 Å². The molecule has 2 unspecified atom stereocenters. The van der Waals surface area contributed by atoms with Crippen molar-refractivity contribution in [1.82, 2.24) is 5.32 Å². The molecular weight excluding hydrogens is 743 g/mol. The lowest BCUT2D eigenvalue weighted by Crippen LogP contribution is -2.45. The zero-order chi connectivity index (χ0) is 43.7. The predicted molar refractivity (Wildman–Crippen MR) is 260 cm³/mol. The number of amides is 1. The topological polar surface area (TPSA) is 95.9 Å². The quantitative estimate of drug-likeness (QED) is 0.0322. The lowest BCUT2D eigenvalue weighted by Gasteiger charge is -2.22. The van der Waals surface area contributed by atoms with E-state index in [1.807, 2.05) is 0 Å². The summed E-state index contributed by atoms with van der Waals surface area (Å²) in [5.74, 6) is -0.0395. The van der Waals surface area contributed by atoms with Gasteiger partial charge < -0.3 is 20.3 Å². The Morgan fingerprint density at radius 2 is 0.783 bits per heavy atom. The zero-order valence-corrected chi connectivity index (χ0v) is 40.5. The Bertz CT molecular complexity index is 893. The Labute approximate surface area is 374 Å². The van der Waals surface area contributed by atoms with Gasteiger partial charge in [0.15, 0.2) is 0 Å². The average molecular weight is 848 g/mol. The van der Waals surface area contributed by atoms with Crippen LogP contribution in [0.15, 0.2) is 12.2 Å². The van der Waals surface area contributed by atoms with Gasteiger partial charge in [0.05, 0.1) is 25.4 Å². The molecule has 0 radical (unpaired) electrons. The average Bonchev–Trinajstić information content (AvgIpc) is 3.25. The van der Waals surface area contributed by atoms with Crippen molar-refractivity contribution >= 4 is 11.9 Å². The van der Waals surface area contributed by atoms with Crippen molar-refractivity contribution in [3.8, 4) is 0 Å². The molecule has 6 heteroatoms. The number of allylic oxidation sites excluding steroid dienone is 2. The maximum atomic E-state index is 12.4. The van der Waals surface area contributed by atoms with Crippen molar-refractivity contribution in [3.63, 3.8) is 0 Å². The van der Waals surface area contributed by atoms with Crippen LogP contribution in [0.25, 0.3) is 0 Å². The third-order valence-electron chi connectivity index (χ3n) is 12.6. The molecule has 0 aromatic carbocycles. The Kier molecular flexibility index (Phi) is 49.1. The van der Waals surface area contributed by atoms with Crippen molar-refractivity contribution < 1.29 is 24.5 Å². The molecule has 6 nitrogen and oxygen atoms in total. The van der Waals surface area contributed by atoms with Crippen LogP contribution < -0.4 is 5.32 Å². The highest BCUT2D eigenvalue weighted by Gasteiger charge is 2.20.